The van der Waals surface area contributed by atoms with E-state index in [1.165, 1.54) is 4.31 Å². The van der Waals surface area contributed by atoms with E-state index in [1.807, 2.05) is 51.1 Å². The van der Waals surface area contributed by atoms with Crippen LogP contribution < -0.4 is 0 Å². The Labute approximate surface area is 187 Å². The molecular formula is C25H35NO4S. The Bertz CT molecular complexity index is 955. The summed E-state index contributed by atoms with van der Waals surface area (Å²) in [4.78, 5) is 13.0. The highest BCUT2D eigenvalue weighted by Gasteiger charge is 2.35. The average molecular weight is 446 g/mol. The van der Waals surface area contributed by atoms with E-state index in [4.69, 9.17) is 4.74 Å². The summed E-state index contributed by atoms with van der Waals surface area (Å²) in [5.74, 6) is 0.106. The van der Waals surface area contributed by atoms with E-state index in [1.54, 1.807) is 31.3 Å². The van der Waals surface area contributed by atoms with Crippen molar-refractivity contribution in [3.8, 4) is 0 Å². The normalized spacial score (nSPS) is 15.0. The molecule has 0 aliphatic heterocycles. The topological polar surface area (TPSA) is 63.7 Å². The summed E-state index contributed by atoms with van der Waals surface area (Å²) in [5, 5.41) is 0. The van der Waals surface area contributed by atoms with Crippen molar-refractivity contribution in [3.05, 3.63) is 65.7 Å². The number of esters is 1. The molecule has 2 rings (SSSR count). The molecule has 0 saturated carbocycles. The molecule has 0 aliphatic carbocycles. The van der Waals surface area contributed by atoms with Crippen LogP contribution in [0.25, 0.3) is 0 Å². The van der Waals surface area contributed by atoms with Crippen LogP contribution in [-0.2, 0) is 25.0 Å². The number of likely N-dealkylation sites (N-methyl/N-ethyl adjacent to an activating group) is 1. The fourth-order valence-electron chi connectivity index (χ4n) is 3.85. The number of carbonyl (C=O) groups excluding carboxylic acids is 1. The minimum atomic E-state index is -3.69. The first-order valence-electron chi connectivity index (χ1n) is 10.7. The third-order valence-electron chi connectivity index (χ3n) is 5.44. The fourth-order valence-corrected chi connectivity index (χ4v) is 5.15. The first kappa shape index (κ1) is 25.1. The van der Waals surface area contributed by atoms with Crippen molar-refractivity contribution in [2.45, 2.75) is 63.9 Å². The summed E-state index contributed by atoms with van der Waals surface area (Å²) in [6.07, 6.45) is 0.699. The molecule has 6 heteroatoms. The molecular weight excluding hydrogens is 410 g/mol. The second-order valence-electron chi connectivity index (χ2n) is 9.11. The van der Waals surface area contributed by atoms with Gasteiger partial charge in [-0.05, 0) is 43.9 Å². The molecule has 0 bridgehead atoms. The Hall–Kier alpha value is -2.18. The minimum absolute atomic E-state index is 0.0905. The first-order chi connectivity index (χ1) is 14.4. The van der Waals surface area contributed by atoms with Gasteiger partial charge in [0.1, 0.15) is 0 Å². The lowest BCUT2D eigenvalue weighted by atomic mass is 9.79. The van der Waals surface area contributed by atoms with E-state index in [9.17, 15) is 13.2 Å². The van der Waals surface area contributed by atoms with E-state index in [-0.39, 0.29) is 29.9 Å². The van der Waals surface area contributed by atoms with Gasteiger partial charge in [0.05, 0.1) is 17.4 Å². The predicted molar refractivity (Wildman–Crippen MR) is 124 cm³/mol. The third-order valence-corrected chi connectivity index (χ3v) is 7.26. The fraction of sp³-hybridized carbons (Fsp3) is 0.480. The zero-order valence-corrected chi connectivity index (χ0v) is 20.3. The van der Waals surface area contributed by atoms with Gasteiger partial charge < -0.3 is 4.74 Å². The molecule has 2 aromatic rings. The summed E-state index contributed by atoms with van der Waals surface area (Å²) in [5.41, 5.74) is 1.16. The van der Waals surface area contributed by atoms with Crippen LogP contribution in [-0.4, -0.2) is 38.4 Å². The molecule has 2 atom stereocenters. The maximum Gasteiger partial charge on any atom is 0.306 e. The Balaban J connectivity index is 2.27. The second kappa shape index (κ2) is 10.4. The summed E-state index contributed by atoms with van der Waals surface area (Å²) in [7, 11) is -2.13. The van der Waals surface area contributed by atoms with E-state index in [0.717, 1.165) is 17.5 Å². The van der Waals surface area contributed by atoms with Crippen molar-refractivity contribution >= 4 is 16.0 Å². The van der Waals surface area contributed by atoms with Gasteiger partial charge in [-0.15, -0.1) is 0 Å². The monoisotopic (exact) mass is 445 g/mol. The smallest absolute Gasteiger partial charge is 0.306 e. The summed E-state index contributed by atoms with van der Waals surface area (Å²) >= 11 is 0. The molecule has 0 saturated heterocycles. The number of hydrogen-bond donors (Lipinski definition) is 0. The Morgan fingerprint density at radius 1 is 1.03 bits per heavy atom. The Morgan fingerprint density at radius 2 is 1.61 bits per heavy atom. The van der Waals surface area contributed by atoms with Gasteiger partial charge in [0.25, 0.3) is 0 Å². The molecule has 0 spiro atoms. The molecule has 0 radical (unpaired) electrons. The largest absolute Gasteiger partial charge is 0.463 e. The van der Waals surface area contributed by atoms with Crippen molar-refractivity contribution < 1.29 is 17.9 Å². The number of carbonyl (C=O) groups is 1. The van der Waals surface area contributed by atoms with Crippen molar-refractivity contribution in [2.24, 2.45) is 5.92 Å². The third kappa shape index (κ3) is 6.91. The van der Waals surface area contributed by atoms with Crippen LogP contribution in [0.5, 0.6) is 0 Å². The Kier molecular flexibility index (Phi) is 8.43. The molecule has 0 N–H and O–H groups in total. The SMILES string of the molecule is Cc1ccc(S(=O)(=O)N(C)CC(C)(CC(=O)OC(C)CC(C)C)c2ccccc2)cc1. The molecule has 170 valence electrons. The summed E-state index contributed by atoms with van der Waals surface area (Å²) < 4.78 is 33.3. The van der Waals surface area contributed by atoms with Crippen molar-refractivity contribution in [2.75, 3.05) is 13.6 Å². The summed E-state index contributed by atoms with van der Waals surface area (Å²) in [6, 6.07) is 16.3. The standard InChI is InChI=1S/C25H35NO4S/c1-19(2)16-21(4)30-24(27)17-25(5,22-10-8-7-9-11-22)18-26(6)31(28,29)23-14-12-20(3)13-15-23/h7-15,19,21H,16-18H2,1-6H3. The van der Waals surface area contributed by atoms with Crippen LogP contribution in [0.4, 0.5) is 0 Å². The molecule has 2 aromatic carbocycles. The van der Waals surface area contributed by atoms with Gasteiger partial charge in [0, 0.05) is 19.0 Å². The highest BCUT2D eigenvalue weighted by molar-refractivity contribution is 7.89. The lowest BCUT2D eigenvalue weighted by Crippen LogP contribution is -2.42. The lowest BCUT2D eigenvalue weighted by Gasteiger charge is -2.33. The highest BCUT2D eigenvalue weighted by atomic mass is 32.2. The molecule has 0 fully saturated rings. The predicted octanol–water partition coefficient (Wildman–Crippen LogP) is 4.94. The van der Waals surface area contributed by atoms with Crippen LogP contribution in [0.15, 0.2) is 59.5 Å². The van der Waals surface area contributed by atoms with Crippen LogP contribution in [0, 0.1) is 12.8 Å². The zero-order chi connectivity index (χ0) is 23.2. The van der Waals surface area contributed by atoms with Gasteiger partial charge >= 0.3 is 5.97 Å². The molecule has 5 nitrogen and oxygen atoms in total. The molecule has 31 heavy (non-hydrogen) atoms. The minimum Gasteiger partial charge on any atom is -0.463 e. The van der Waals surface area contributed by atoms with E-state index >= 15 is 0 Å². The second-order valence-corrected chi connectivity index (χ2v) is 11.2. The number of ether oxygens (including phenoxy) is 1. The number of hydrogen-bond acceptors (Lipinski definition) is 4. The number of benzene rings is 2. The number of sulfonamides is 1. The maximum atomic E-state index is 13.1. The quantitative estimate of drug-likeness (QED) is 0.486. The van der Waals surface area contributed by atoms with Gasteiger partial charge in [-0.1, -0.05) is 68.8 Å². The van der Waals surface area contributed by atoms with Crippen molar-refractivity contribution in [1.29, 1.82) is 0 Å². The van der Waals surface area contributed by atoms with E-state index in [0.29, 0.717) is 5.92 Å². The van der Waals surface area contributed by atoms with E-state index in [2.05, 4.69) is 13.8 Å². The highest BCUT2D eigenvalue weighted by Crippen LogP contribution is 2.31. The van der Waals surface area contributed by atoms with Crippen molar-refractivity contribution in [3.63, 3.8) is 0 Å². The Morgan fingerprint density at radius 3 is 2.16 bits per heavy atom. The van der Waals surface area contributed by atoms with Crippen LogP contribution in [0.2, 0.25) is 0 Å². The number of nitrogens with zero attached hydrogens (tertiary/aromatic N) is 1. The number of rotatable bonds is 10. The average Bonchev–Trinajstić information content (AvgIpc) is 2.68. The molecule has 0 aliphatic rings. The molecule has 2 unspecified atom stereocenters. The van der Waals surface area contributed by atoms with Gasteiger partial charge in [-0.25, -0.2) is 12.7 Å². The maximum absolute atomic E-state index is 13.1. The number of aryl methyl sites for hydroxylation is 1. The first-order valence-corrected chi connectivity index (χ1v) is 12.2. The molecule has 0 aromatic heterocycles. The van der Waals surface area contributed by atoms with Crippen LogP contribution in [0.3, 0.4) is 0 Å². The van der Waals surface area contributed by atoms with Gasteiger partial charge in [-0.3, -0.25) is 4.79 Å². The van der Waals surface area contributed by atoms with Crippen LogP contribution in [0.1, 0.15) is 51.7 Å². The van der Waals surface area contributed by atoms with Gasteiger partial charge in [0.2, 0.25) is 10.0 Å². The molecule has 0 amide bonds. The summed E-state index contributed by atoms with van der Waals surface area (Å²) in [6.45, 7) is 10.1. The zero-order valence-electron chi connectivity index (χ0n) is 19.5. The molecule has 0 heterocycles. The van der Waals surface area contributed by atoms with Gasteiger partial charge in [0.15, 0.2) is 0 Å². The van der Waals surface area contributed by atoms with E-state index < -0.39 is 15.4 Å². The van der Waals surface area contributed by atoms with Crippen molar-refractivity contribution in [1.82, 2.24) is 4.31 Å². The lowest BCUT2D eigenvalue weighted by molar-refractivity contribution is -0.150. The van der Waals surface area contributed by atoms with Crippen LogP contribution >= 0.6 is 0 Å². The van der Waals surface area contributed by atoms with Gasteiger partial charge in [-0.2, -0.15) is 0 Å².